The van der Waals surface area contributed by atoms with Gasteiger partial charge in [-0.05, 0) is 61.0 Å². The normalized spacial score (nSPS) is 10.4. The SMILES string of the molecule is O=C(NCCCN(C(=O)Nc1ccc([N+](=O)[O-])cc1)c1ccc(Oc2ccccc2)cc1)c1ccc([N+](=O)[O-])cc1Cl. The Kier molecular flexibility index (Phi) is 9.64. The van der Waals surface area contributed by atoms with E-state index in [1.807, 2.05) is 30.3 Å². The van der Waals surface area contributed by atoms with Crippen LogP contribution >= 0.6 is 11.6 Å². The van der Waals surface area contributed by atoms with Gasteiger partial charge in [0.25, 0.3) is 17.3 Å². The van der Waals surface area contributed by atoms with E-state index in [1.165, 1.54) is 41.3 Å². The lowest BCUT2D eigenvalue weighted by Gasteiger charge is -2.24. The molecular weight excluding hydrogens is 566 g/mol. The summed E-state index contributed by atoms with van der Waals surface area (Å²) in [6.45, 7) is 0.356. The Morgan fingerprint density at radius 3 is 2.05 bits per heavy atom. The van der Waals surface area contributed by atoms with Crippen molar-refractivity contribution in [2.24, 2.45) is 0 Å². The van der Waals surface area contributed by atoms with Crippen molar-refractivity contribution in [1.29, 1.82) is 0 Å². The largest absolute Gasteiger partial charge is 0.457 e. The molecule has 0 aliphatic carbocycles. The van der Waals surface area contributed by atoms with E-state index in [9.17, 15) is 29.8 Å². The quantitative estimate of drug-likeness (QED) is 0.110. The summed E-state index contributed by atoms with van der Waals surface area (Å²) in [5.41, 5.74) is 0.651. The second kappa shape index (κ2) is 13.7. The minimum Gasteiger partial charge on any atom is -0.457 e. The molecule has 0 atom stereocenters. The molecule has 0 saturated carbocycles. The number of para-hydroxylation sites is 1. The van der Waals surface area contributed by atoms with Crippen molar-refractivity contribution in [1.82, 2.24) is 5.32 Å². The number of nitro benzene ring substituents is 2. The molecule has 0 fully saturated rings. The van der Waals surface area contributed by atoms with Crippen molar-refractivity contribution in [2.75, 3.05) is 23.3 Å². The zero-order valence-corrected chi connectivity index (χ0v) is 22.7. The molecule has 4 rings (SSSR count). The number of nitro groups is 2. The zero-order valence-electron chi connectivity index (χ0n) is 21.9. The minimum atomic E-state index is -0.607. The van der Waals surface area contributed by atoms with Gasteiger partial charge in [0.1, 0.15) is 11.5 Å². The fourth-order valence-corrected chi connectivity index (χ4v) is 4.12. The number of urea groups is 1. The molecule has 0 aromatic heterocycles. The maximum Gasteiger partial charge on any atom is 0.326 e. The summed E-state index contributed by atoms with van der Waals surface area (Å²) >= 11 is 6.05. The number of hydrogen-bond donors (Lipinski definition) is 2. The van der Waals surface area contributed by atoms with E-state index < -0.39 is 21.8 Å². The van der Waals surface area contributed by atoms with Crippen LogP contribution in [0.5, 0.6) is 11.5 Å². The summed E-state index contributed by atoms with van der Waals surface area (Å²) < 4.78 is 5.83. The Bertz CT molecular complexity index is 1580. The van der Waals surface area contributed by atoms with Gasteiger partial charge >= 0.3 is 6.03 Å². The zero-order chi connectivity index (χ0) is 30.1. The van der Waals surface area contributed by atoms with Crippen molar-refractivity contribution >= 4 is 46.3 Å². The molecule has 2 N–H and O–H groups in total. The highest BCUT2D eigenvalue weighted by atomic mass is 35.5. The monoisotopic (exact) mass is 589 g/mol. The Morgan fingerprint density at radius 2 is 1.43 bits per heavy atom. The molecular formula is C29H24ClN5O7. The molecule has 0 aliphatic heterocycles. The number of carbonyl (C=O) groups is 2. The summed E-state index contributed by atoms with van der Waals surface area (Å²) in [5.74, 6) is 0.703. The van der Waals surface area contributed by atoms with Gasteiger partial charge in [-0.1, -0.05) is 29.8 Å². The molecule has 4 aromatic carbocycles. The average molecular weight is 590 g/mol. The number of halogens is 1. The highest BCUT2D eigenvalue weighted by Crippen LogP contribution is 2.26. The van der Waals surface area contributed by atoms with E-state index in [4.69, 9.17) is 16.3 Å². The Hall–Kier alpha value is -5.49. The lowest BCUT2D eigenvalue weighted by molar-refractivity contribution is -0.385. The van der Waals surface area contributed by atoms with Gasteiger partial charge in [-0.3, -0.25) is 29.9 Å². The van der Waals surface area contributed by atoms with E-state index in [-0.39, 0.29) is 35.1 Å². The maximum absolute atomic E-state index is 13.3. The summed E-state index contributed by atoms with van der Waals surface area (Å²) in [7, 11) is 0. The number of nitrogens with one attached hydrogen (secondary N) is 2. The summed E-state index contributed by atoms with van der Waals surface area (Å²) in [4.78, 5) is 48.0. The molecule has 0 aliphatic rings. The number of benzene rings is 4. The highest BCUT2D eigenvalue weighted by molar-refractivity contribution is 6.34. The number of ether oxygens (including phenoxy) is 1. The smallest absolute Gasteiger partial charge is 0.326 e. The highest BCUT2D eigenvalue weighted by Gasteiger charge is 2.18. The fraction of sp³-hybridized carbons (Fsp3) is 0.103. The molecule has 12 nitrogen and oxygen atoms in total. The predicted molar refractivity (Wildman–Crippen MR) is 157 cm³/mol. The van der Waals surface area contributed by atoms with Crippen LogP contribution in [0.15, 0.2) is 97.1 Å². The standard InChI is InChI=1S/C29H24ClN5O7/c30-27-19-23(35(40)41)13-16-26(27)28(36)31-17-4-18-33(29(37)32-20-7-9-22(10-8-20)34(38)39)21-11-14-25(15-12-21)42-24-5-2-1-3-6-24/h1-3,5-16,19H,4,17-18H2,(H,31,36)(H,32,37). The summed E-state index contributed by atoms with van der Waals surface area (Å²) in [6, 6.07) is 24.6. The van der Waals surface area contributed by atoms with Crippen LogP contribution in [0.4, 0.5) is 27.5 Å². The molecule has 0 bridgehead atoms. The third kappa shape index (κ3) is 7.79. The second-order valence-corrected chi connectivity index (χ2v) is 9.23. The van der Waals surface area contributed by atoms with Crippen LogP contribution in [0.2, 0.25) is 5.02 Å². The molecule has 0 radical (unpaired) electrons. The Balaban J connectivity index is 1.44. The first-order valence-electron chi connectivity index (χ1n) is 12.6. The molecule has 13 heteroatoms. The molecule has 0 unspecified atom stereocenters. The molecule has 0 saturated heterocycles. The van der Waals surface area contributed by atoms with Crippen molar-refractivity contribution in [2.45, 2.75) is 6.42 Å². The number of non-ortho nitro benzene ring substituents is 2. The van der Waals surface area contributed by atoms with Gasteiger partial charge in [-0.25, -0.2) is 4.79 Å². The number of carbonyl (C=O) groups excluding carboxylic acids is 2. The van der Waals surface area contributed by atoms with Crippen molar-refractivity contribution in [3.8, 4) is 11.5 Å². The fourth-order valence-electron chi connectivity index (χ4n) is 3.86. The second-order valence-electron chi connectivity index (χ2n) is 8.83. The molecule has 214 valence electrons. The van der Waals surface area contributed by atoms with Gasteiger partial charge in [0.15, 0.2) is 0 Å². The number of anilines is 2. The van der Waals surface area contributed by atoms with Gasteiger partial charge in [0, 0.05) is 48.7 Å². The van der Waals surface area contributed by atoms with Crippen LogP contribution in [0.3, 0.4) is 0 Å². The maximum atomic E-state index is 13.3. The first kappa shape index (κ1) is 29.5. The van der Waals surface area contributed by atoms with Crippen LogP contribution in [0.1, 0.15) is 16.8 Å². The number of hydrogen-bond acceptors (Lipinski definition) is 7. The first-order chi connectivity index (χ1) is 20.2. The Morgan fingerprint density at radius 1 is 0.810 bits per heavy atom. The topological polar surface area (TPSA) is 157 Å². The van der Waals surface area contributed by atoms with Crippen molar-refractivity contribution < 1.29 is 24.2 Å². The molecule has 3 amide bonds. The molecule has 0 heterocycles. The summed E-state index contributed by atoms with van der Waals surface area (Å²) in [6.07, 6.45) is 0.340. The van der Waals surface area contributed by atoms with Crippen LogP contribution in [0, 0.1) is 20.2 Å². The molecule has 0 spiro atoms. The predicted octanol–water partition coefficient (Wildman–Crippen LogP) is 6.81. The van der Waals surface area contributed by atoms with Crippen LogP contribution in [-0.4, -0.2) is 34.9 Å². The van der Waals surface area contributed by atoms with Gasteiger partial charge in [-0.15, -0.1) is 0 Å². The third-order valence-electron chi connectivity index (χ3n) is 5.95. The minimum absolute atomic E-state index is 0.0522. The lowest BCUT2D eigenvalue weighted by atomic mass is 10.2. The van der Waals surface area contributed by atoms with E-state index >= 15 is 0 Å². The third-order valence-corrected chi connectivity index (χ3v) is 6.27. The summed E-state index contributed by atoms with van der Waals surface area (Å²) in [5, 5.41) is 27.2. The van der Waals surface area contributed by atoms with Gasteiger partial charge in [-0.2, -0.15) is 0 Å². The lowest BCUT2D eigenvalue weighted by Crippen LogP contribution is -2.37. The number of rotatable bonds is 11. The van der Waals surface area contributed by atoms with E-state index in [0.29, 0.717) is 29.3 Å². The molecule has 42 heavy (non-hydrogen) atoms. The van der Waals surface area contributed by atoms with Crippen molar-refractivity contribution in [3.05, 3.63) is 128 Å². The van der Waals surface area contributed by atoms with Crippen LogP contribution in [0.25, 0.3) is 0 Å². The van der Waals surface area contributed by atoms with E-state index in [2.05, 4.69) is 10.6 Å². The Labute approximate surface area is 244 Å². The first-order valence-corrected chi connectivity index (χ1v) is 13.0. The van der Waals surface area contributed by atoms with Crippen LogP contribution < -0.4 is 20.3 Å². The van der Waals surface area contributed by atoms with E-state index in [1.54, 1.807) is 24.3 Å². The number of amides is 3. The molecule has 4 aromatic rings. The van der Waals surface area contributed by atoms with Gasteiger partial charge in [0.2, 0.25) is 0 Å². The van der Waals surface area contributed by atoms with Crippen LogP contribution in [-0.2, 0) is 0 Å². The van der Waals surface area contributed by atoms with Crippen molar-refractivity contribution in [3.63, 3.8) is 0 Å². The number of nitrogens with zero attached hydrogens (tertiary/aromatic N) is 3. The van der Waals surface area contributed by atoms with Gasteiger partial charge < -0.3 is 15.4 Å². The van der Waals surface area contributed by atoms with E-state index in [0.717, 1.165) is 6.07 Å². The average Bonchev–Trinajstić information content (AvgIpc) is 2.98. The van der Waals surface area contributed by atoms with Gasteiger partial charge in [0.05, 0.1) is 20.4 Å².